The van der Waals surface area contributed by atoms with Gasteiger partial charge in [0.15, 0.2) is 0 Å². The van der Waals surface area contributed by atoms with E-state index in [9.17, 15) is 19.5 Å². The number of hydrogen-bond donors (Lipinski definition) is 3. The Morgan fingerprint density at radius 3 is 2.52 bits per heavy atom. The van der Waals surface area contributed by atoms with Crippen LogP contribution in [0.3, 0.4) is 0 Å². The largest absolute Gasteiger partial charge is 0.391 e. The Balaban J connectivity index is 1.18. The van der Waals surface area contributed by atoms with Crippen LogP contribution in [-0.2, 0) is 14.4 Å². The van der Waals surface area contributed by atoms with Gasteiger partial charge in [-0.15, -0.1) is 0 Å². The number of fused-ring (bicyclic) bond motifs is 4. The first-order valence-corrected chi connectivity index (χ1v) is 17.5. The Kier molecular flexibility index (Phi) is 9.23. The summed E-state index contributed by atoms with van der Waals surface area (Å²) in [7, 11) is 1.87. The predicted molar refractivity (Wildman–Crippen MR) is 165 cm³/mol. The Morgan fingerprint density at radius 2 is 1.79 bits per heavy atom. The van der Waals surface area contributed by atoms with Crippen molar-refractivity contribution in [3.05, 3.63) is 11.8 Å². The maximum absolute atomic E-state index is 14.1. The second-order valence-electron chi connectivity index (χ2n) is 14.2. The molecule has 10 heteroatoms. The lowest BCUT2D eigenvalue weighted by Crippen LogP contribution is -2.59. The van der Waals surface area contributed by atoms with E-state index in [0.717, 1.165) is 64.6 Å². The van der Waals surface area contributed by atoms with E-state index in [2.05, 4.69) is 37.7 Å². The van der Waals surface area contributed by atoms with Crippen LogP contribution in [0.4, 0.5) is 0 Å². The average molecular weight is 649 g/mol. The van der Waals surface area contributed by atoms with Gasteiger partial charge in [0.25, 0.3) is 0 Å². The number of amides is 3. The van der Waals surface area contributed by atoms with E-state index in [-0.39, 0.29) is 30.7 Å². The molecule has 3 amide bonds. The number of rotatable bonds is 8. The van der Waals surface area contributed by atoms with Crippen LogP contribution in [0.2, 0.25) is 0 Å². The van der Waals surface area contributed by atoms with E-state index in [1.807, 2.05) is 11.9 Å². The van der Waals surface area contributed by atoms with Crippen molar-refractivity contribution < 1.29 is 19.5 Å². The van der Waals surface area contributed by atoms with Crippen molar-refractivity contribution in [2.75, 3.05) is 39.8 Å². The van der Waals surface area contributed by atoms with Gasteiger partial charge in [0, 0.05) is 43.3 Å². The van der Waals surface area contributed by atoms with Gasteiger partial charge < -0.3 is 30.4 Å². The average Bonchev–Trinajstić information content (AvgIpc) is 3.61. The molecule has 2 saturated carbocycles. The number of aliphatic hydroxyl groups excluding tert-OH is 1. The predicted octanol–water partition coefficient (Wildman–Crippen LogP) is 2.77. The second kappa shape index (κ2) is 12.8. The molecule has 0 aromatic rings. The Labute approximate surface area is 259 Å². The summed E-state index contributed by atoms with van der Waals surface area (Å²) in [5.74, 6) is 0.456. The zero-order chi connectivity index (χ0) is 29.4. The molecule has 42 heavy (non-hydrogen) atoms. The van der Waals surface area contributed by atoms with Crippen LogP contribution in [0.1, 0.15) is 83.5 Å². The summed E-state index contributed by atoms with van der Waals surface area (Å²) in [6.45, 7) is 3.61. The van der Waals surface area contributed by atoms with Crippen LogP contribution >= 0.6 is 15.9 Å². The van der Waals surface area contributed by atoms with Gasteiger partial charge in [-0.3, -0.25) is 14.4 Å². The Hall–Kier alpha value is -1.65. The van der Waals surface area contributed by atoms with Crippen LogP contribution in [0, 0.1) is 17.3 Å². The van der Waals surface area contributed by atoms with Crippen molar-refractivity contribution in [3.8, 4) is 0 Å². The maximum Gasteiger partial charge on any atom is 0.245 e. The number of β-amino-alcohol motifs (C(OH)–C–C–N with tert-alkyl or cyclic N) is 1. The number of nitrogens with zero attached hydrogens (tertiary/aromatic N) is 3. The molecule has 2 bridgehead atoms. The number of alkyl halides is 1. The number of piperidine rings is 3. The summed E-state index contributed by atoms with van der Waals surface area (Å²) in [5, 5.41) is 17.3. The van der Waals surface area contributed by atoms with Crippen molar-refractivity contribution in [2.45, 2.75) is 113 Å². The Morgan fingerprint density at radius 1 is 1.10 bits per heavy atom. The molecule has 6 fully saturated rings. The molecule has 7 atom stereocenters. The van der Waals surface area contributed by atoms with Crippen LogP contribution in [0.5, 0.6) is 0 Å². The van der Waals surface area contributed by atoms with Crippen molar-refractivity contribution in [1.29, 1.82) is 0 Å². The number of carbonyl (C=O) groups excluding carboxylic acids is 3. The molecule has 7 rings (SSSR count). The molecule has 7 aliphatic rings. The van der Waals surface area contributed by atoms with Gasteiger partial charge in [-0.1, -0.05) is 41.6 Å². The number of carbonyl (C=O) groups is 3. The summed E-state index contributed by atoms with van der Waals surface area (Å²) in [6, 6.07) is -1.02. The number of halogens is 1. The minimum Gasteiger partial charge on any atom is -0.391 e. The summed E-state index contributed by atoms with van der Waals surface area (Å²) in [5.41, 5.74) is 0.796. The first kappa shape index (κ1) is 30.4. The van der Waals surface area contributed by atoms with Gasteiger partial charge in [-0.2, -0.15) is 0 Å². The number of nitrogens with one attached hydrogen (secondary N) is 2. The van der Waals surface area contributed by atoms with Gasteiger partial charge in [0.2, 0.25) is 17.7 Å². The van der Waals surface area contributed by atoms with Crippen molar-refractivity contribution in [2.24, 2.45) is 17.3 Å². The lowest BCUT2D eigenvalue weighted by Gasteiger charge is -2.49. The summed E-state index contributed by atoms with van der Waals surface area (Å²) in [6.07, 6.45) is 13.8. The summed E-state index contributed by atoms with van der Waals surface area (Å²) >= 11 is 3.85. The number of aliphatic hydroxyl groups is 1. The molecule has 9 nitrogen and oxygen atoms in total. The molecular formula is C32H50BrN5O4. The van der Waals surface area contributed by atoms with Gasteiger partial charge in [-0.25, -0.2) is 0 Å². The third kappa shape index (κ3) is 6.14. The third-order valence-electron chi connectivity index (χ3n) is 11.5. The van der Waals surface area contributed by atoms with Gasteiger partial charge in [-0.05, 0) is 88.7 Å². The van der Waals surface area contributed by atoms with Gasteiger partial charge in [0.1, 0.15) is 12.1 Å². The first-order valence-electron chi connectivity index (χ1n) is 16.6. The molecule has 5 heterocycles. The highest BCUT2D eigenvalue weighted by Gasteiger charge is 2.51. The van der Waals surface area contributed by atoms with Crippen LogP contribution < -0.4 is 10.6 Å². The molecule has 0 aromatic heterocycles. The van der Waals surface area contributed by atoms with Gasteiger partial charge >= 0.3 is 0 Å². The molecule has 4 saturated heterocycles. The highest BCUT2D eigenvalue weighted by Crippen LogP contribution is 2.43. The molecule has 2 aliphatic carbocycles. The van der Waals surface area contributed by atoms with E-state index in [1.165, 1.54) is 31.3 Å². The van der Waals surface area contributed by atoms with Crippen LogP contribution in [-0.4, -0.2) is 106 Å². The second-order valence-corrected chi connectivity index (χ2v) is 15.3. The highest BCUT2D eigenvalue weighted by atomic mass is 79.9. The highest BCUT2D eigenvalue weighted by molar-refractivity contribution is 9.09. The molecular weight excluding hydrogens is 598 g/mol. The minimum absolute atomic E-state index is 0.0203. The van der Waals surface area contributed by atoms with E-state index in [4.69, 9.17) is 0 Å². The molecule has 0 radical (unpaired) electrons. The minimum atomic E-state index is -0.745. The monoisotopic (exact) mass is 647 g/mol. The summed E-state index contributed by atoms with van der Waals surface area (Å²) in [4.78, 5) is 48.3. The van der Waals surface area contributed by atoms with Crippen LogP contribution in [0.25, 0.3) is 0 Å². The zero-order valence-electron chi connectivity index (χ0n) is 25.2. The third-order valence-corrected chi connectivity index (χ3v) is 12.7. The Bertz CT molecular complexity index is 1050. The number of hydrogen-bond acceptors (Lipinski definition) is 6. The maximum atomic E-state index is 14.1. The molecule has 0 spiro atoms. The standard InChI is InChI=1S/C32H50BrN5O4/c1-36(19-21-6-2-4-8-25(21)33)30(41)27(16-22-18-34-26-9-5-3-7-24(22)26)35-29(40)28-17-23(39)20-38(28)31(42)32-10-13-37(14-11-32)15-12-32/h18,21,23-28,34,39H,2-17,19-20H2,1H3,(H,35,40)/t21?,23-,24?,25?,26?,27?,28?/m1/s1. The number of likely N-dealkylation sites (N-methyl/N-ethyl adjacent to an activating group) is 1. The lowest BCUT2D eigenvalue weighted by atomic mass is 9.71. The van der Waals surface area contributed by atoms with E-state index in [0.29, 0.717) is 35.7 Å². The van der Waals surface area contributed by atoms with Crippen molar-refractivity contribution in [1.82, 2.24) is 25.3 Å². The summed E-state index contributed by atoms with van der Waals surface area (Å²) < 4.78 is 0. The van der Waals surface area contributed by atoms with E-state index >= 15 is 0 Å². The quantitative estimate of drug-likeness (QED) is 0.350. The molecule has 0 aromatic carbocycles. The lowest BCUT2D eigenvalue weighted by molar-refractivity contribution is -0.154. The van der Waals surface area contributed by atoms with E-state index < -0.39 is 23.6 Å². The fraction of sp³-hybridized carbons (Fsp3) is 0.844. The smallest absolute Gasteiger partial charge is 0.245 e. The SMILES string of the molecule is CN(CC1CCCCC1Br)C(=O)C(CC1=CNC2CCCCC12)NC(=O)C1C[C@@H](O)CN1C(=O)C12CCN(CC1)CC2. The molecule has 6 unspecified atom stereocenters. The van der Waals surface area contributed by atoms with E-state index in [1.54, 1.807) is 4.90 Å². The first-order chi connectivity index (χ1) is 20.2. The zero-order valence-corrected chi connectivity index (χ0v) is 26.8. The van der Waals surface area contributed by atoms with Crippen LogP contribution in [0.15, 0.2) is 11.8 Å². The fourth-order valence-electron chi connectivity index (χ4n) is 8.82. The molecule has 3 N–H and O–H groups in total. The molecule has 5 aliphatic heterocycles. The normalized spacial score (nSPS) is 38.3. The number of likely N-dealkylation sites (tertiary alicyclic amines) is 1. The molecule has 234 valence electrons. The fourth-order valence-corrected chi connectivity index (χ4v) is 9.58. The van der Waals surface area contributed by atoms with Crippen molar-refractivity contribution >= 4 is 33.7 Å². The van der Waals surface area contributed by atoms with Crippen molar-refractivity contribution in [3.63, 3.8) is 0 Å². The van der Waals surface area contributed by atoms with Gasteiger partial charge in [0.05, 0.1) is 11.5 Å². The topological polar surface area (TPSA) is 105 Å².